The molecule has 20 heavy (non-hydrogen) atoms. The lowest BCUT2D eigenvalue weighted by Gasteiger charge is -2.19. The smallest absolute Gasteiger partial charge is 0.0575 e. The molecule has 0 saturated heterocycles. The van der Waals surface area contributed by atoms with Gasteiger partial charge in [-0.25, -0.2) is 0 Å². The minimum atomic E-state index is 0.231. The number of rotatable bonds is 3. The fourth-order valence-corrected chi connectivity index (χ4v) is 4.37. The highest BCUT2D eigenvalue weighted by Gasteiger charge is 2.17. The van der Waals surface area contributed by atoms with Gasteiger partial charge in [-0.15, -0.1) is 0 Å². The van der Waals surface area contributed by atoms with Crippen LogP contribution in [0.2, 0.25) is 0 Å². The Labute approximate surface area is 137 Å². The second kappa shape index (κ2) is 6.00. The Morgan fingerprint density at radius 3 is 2.30 bits per heavy atom. The van der Waals surface area contributed by atoms with E-state index < -0.39 is 0 Å². The molecule has 1 nitrogen and oxygen atoms in total. The zero-order valence-corrected chi connectivity index (χ0v) is 14.6. The zero-order valence-electron chi connectivity index (χ0n) is 11.4. The van der Waals surface area contributed by atoms with Crippen LogP contribution in [0.25, 0.3) is 0 Å². The van der Waals surface area contributed by atoms with Crippen molar-refractivity contribution < 1.29 is 0 Å². The molecule has 0 aliphatic heterocycles. The lowest BCUT2D eigenvalue weighted by Crippen LogP contribution is -2.18. The first kappa shape index (κ1) is 14.3. The number of fused-ring (bicyclic) bond motifs is 1. The third-order valence-electron chi connectivity index (χ3n) is 3.96. The lowest BCUT2D eigenvalue weighted by atomic mass is 9.96. The van der Waals surface area contributed by atoms with E-state index >= 15 is 0 Å². The molecule has 0 spiro atoms. The van der Waals surface area contributed by atoms with E-state index in [0.29, 0.717) is 0 Å². The van der Waals surface area contributed by atoms with Crippen LogP contribution in [0.3, 0.4) is 0 Å². The summed E-state index contributed by atoms with van der Waals surface area (Å²) in [5, 5.41) is 3.44. The van der Waals surface area contributed by atoms with E-state index in [1.54, 1.807) is 0 Å². The van der Waals surface area contributed by atoms with Crippen molar-refractivity contribution >= 4 is 31.9 Å². The van der Waals surface area contributed by atoms with Gasteiger partial charge in [0.05, 0.1) is 6.04 Å². The van der Waals surface area contributed by atoms with E-state index in [0.717, 1.165) is 8.95 Å². The van der Waals surface area contributed by atoms with Crippen LogP contribution in [-0.2, 0) is 12.8 Å². The molecule has 0 fully saturated rings. The maximum atomic E-state index is 3.57. The second-order valence-electron chi connectivity index (χ2n) is 5.31. The van der Waals surface area contributed by atoms with Gasteiger partial charge in [0.25, 0.3) is 0 Å². The van der Waals surface area contributed by atoms with Crippen molar-refractivity contribution in [2.45, 2.75) is 25.3 Å². The Morgan fingerprint density at radius 1 is 0.900 bits per heavy atom. The van der Waals surface area contributed by atoms with Crippen molar-refractivity contribution in [2.75, 3.05) is 7.05 Å². The van der Waals surface area contributed by atoms with Gasteiger partial charge in [0.15, 0.2) is 0 Å². The molecule has 0 aromatic heterocycles. The summed E-state index contributed by atoms with van der Waals surface area (Å²) >= 11 is 7.15. The number of hydrogen-bond acceptors (Lipinski definition) is 1. The standard InChI is InChI=1S/C17H17Br2N/c1-20-17(14-8-15(18)10-16(19)9-14)13-6-5-11-3-2-4-12(11)7-13/h5-10,17,20H,2-4H2,1H3. The van der Waals surface area contributed by atoms with Crippen LogP contribution in [0, 0.1) is 0 Å². The third-order valence-corrected chi connectivity index (χ3v) is 4.88. The van der Waals surface area contributed by atoms with Gasteiger partial charge in [-0.1, -0.05) is 50.1 Å². The molecule has 104 valence electrons. The molecule has 0 heterocycles. The van der Waals surface area contributed by atoms with Crippen LogP contribution in [0.5, 0.6) is 0 Å². The molecule has 3 rings (SSSR count). The summed E-state index contributed by atoms with van der Waals surface area (Å²) in [4.78, 5) is 0. The van der Waals surface area contributed by atoms with E-state index in [2.05, 4.69) is 73.6 Å². The number of aryl methyl sites for hydroxylation is 2. The minimum absolute atomic E-state index is 0.231. The van der Waals surface area contributed by atoms with Gasteiger partial charge in [0.2, 0.25) is 0 Å². The van der Waals surface area contributed by atoms with E-state index in [1.165, 1.54) is 41.5 Å². The van der Waals surface area contributed by atoms with Gasteiger partial charge in [-0.2, -0.15) is 0 Å². The SMILES string of the molecule is CNC(c1cc(Br)cc(Br)c1)c1ccc2c(c1)CCC2. The van der Waals surface area contributed by atoms with Crippen LogP contribution in [-0.4, -0.2) is 7.05 Å². The van der Waals surface area contributed by atoms with Crippen LogP contribution >= 0.6 is 31.9 Å². The fourth-order valence-electron chi connectivity index (χ4n) is 3.04. The first-order chi connectivity index (χ1) is 9.67. The van der Waals surface area contributed by atoms with Crippen molar-refractivity contribution in [3.63, 3.8) is 0 Å². The molecule has 1 unspecified atom stereocenters. The maximum absolute atomic E-state index is 3.57. The van der Waals surface area contributed by atoms with Gasteiger partial charge < -0.3 is 5.32 Å². The van der Waals surface area contributed by atoms with Crippen LogP contribution < -0.4 is 5.32 Å². The summed E-state index contributed by atoms with van der Waals surface area (Å²) in [6, 6.07) is 13.6. The summed E-state index contributed by atoms with van der Waals surface area (Å²) in [5.41, 5.74) is 5.67. The molecular formula is C17H17Br2N. The Kier molecular flexibility index (Phi) is 4.29. The van der Waals surface area contributed by atoms with Crippen molar-refractivity contribution in [3.8, 4) is 0 Å². The van der Waals surface area contributed by atoms with Gasteiger partial charge in [-0.3, -0.25) is 0 Å². The van der Waals surface area contributed by atoms with Crippen LogP contribution in [0.15, 0.2) is 45.3 Å². The van der Waals surface area contributed by atoms with E-state index in [4.69, 9.17) is 0 Å². The number of benzene rings is 2. The van der Waals surface area contributed by atoms with Crippen molar-refractivity contribution in [1.82, 2.24) is 5.32 Å². The normalized spacial score (nSPS) is 15.2. The van der Waals surface area contributed by atoms with E-state index in [-0.39, 0.29) is 6.04 Å². The topological polar surface area (TPSA) is 12.0 Å². The summed E-state index contributed by atoms with van der Waals surface area (Å²) in [6.07, 6.45) is 3.76. The molecule has 1 N–H and O–H groups in total. The largest absolute Gasteiger partial charge is 0.309 e. The van der Waals surface area contributed by atoms with Gasteiger partial charge in [0.1, 0.15) is 0 Å². The predicted octanol–water partition coefficient (Wildman–Crippen LogP) is 5.01. The second-order valence-corrected chi connectivity index (χ2v) is 7.14. The quantitative estimate of drug-likeness (QED) is 0.771. The molecular weight excluding hydrogens is 378 g/mol. The first-order valence-electron chi connectivity index (χ1n) is 6.92. The molecule has 0 radical (unpaired) electrons. The molecule has 1 aliphatic carbocycles. The van der Waals surface area contributed by atoms with Gasteiger partial charge >= 0.3 is 0 Å². The van der Waals surface area contributed by atoms with Crippen LogP contribution in [0.4, 0.5) is 0 Å². The highest BCUT2D eigenvalue weighted by Crippen LogP contribution is 2.31. The zero-order chi connectivity index (χ0) is 14.1. The Morgan fingerprint density at radius 2 is 1.60 bits per heavy atom. The number of nitrogens with one attached hydrogen (secondary N) is 1. The first-order valence-corrected chi connectivity index (χ1v) is 8.51. The van der Waals surface area contributed by atoms with Crippen LogP contribution in [0.1, 0.15) is 34.7 Å². The van der Waals surface area contributed by atoms with Crippen molar-refractivity contribution in [2.24, 2.45) is 0 Å². The Bertz CT molecular complexity index is 617. The van der Waals surface area contributed by atoms with Gasteiger partial charge in [0, 0.05) is 8.95 Å². The molecule has 0 amide bonds. The lowest BCUT2D eigenvalue weighted by molar-refractivity contribution is 0.690. The molecule has 2 aromatic rings. The number of hydrogen-bond donors (Lipinski definition) is 1. The highest BCUT2D eigenvalue weighted by atomic mass is 79.9. The molecule has 0 saturated carbocycles. The summed E-state index contributed by atoms with van der Waals surface area (Å²) in [6.45, 7) is 0. The highest BCUT2D eigenvalue weighted by molar-refractivity contribution is 9.11. The Hall–Kier alpha value is -0.640. The van der Waals surface area contributed by atoms with E-state index in [1.807, 2.05) is 7.05 Å². The summed E-state index contributed by atoms with van der Waals surface area (Å²) < 4.78 is 2.20. The fraction of sp³-hybridized carbons (Fsp3) is 0.294. The Balaban J connectivity index is 2.01. The van der Waals surface area contributed by atoms with Crippen molar-refractivity contribution in [1.29, 1.82) is 0 Å². The average Bonchev–Trinajstić information content (AvgIpc) is 2.86. The molecule has 3 heteroatoms. The predicted molar refractivity (Wildman–Crippen MR) is 91.2 cm³/mol. The third kappa shape index (κ3) is 2.85. The average molecular weight is 395 g/mol. The molecule has 0 bridgehead atoms. The molecule has 2 aromatic carbocycles. The maximum Gasteiger partial charge on any atom is 0.0575 e. The van der Waals surface area contributed by atoms with Gasteiger partial charge in [-0.05, 0) is 66.8 Å². The summed E-state index contributed by atoms with van der Waals surface area (Å²) in [7, 11) is 2.02. The summed E-state index contributed by atoms with van der Waals surface area (Å²) in [5.74, 6) is 0. The monoisotopic (exact) mass is 393 g/mol. The van der Waals surface area contributed by atoms with E-state index in [9.17, 15) is 0 Å². The minimum Gasteiger partial charge on any atom is -0.309 e. The molecule has 1 aliphatic rings. The molecule has 1 atom stereocenters. The number of halogens is 2. The van der Waals surface area contributed by atoms with Crippen molar-refractivity contribution in [3.05, 3.63) is 67.6 Å².